The molecule has 1 N–H and O–H groups in total. The molecule has 1 aliphatic carbocycles. The van der Waals surface area contributed by atoms with Crippen molar-refractivity contribution in [2.75, 3.05) is 19.8 Å². The van der Waals surface area contributed by atoms with Crippen LogP contribution in [-0.4, -0.2) is 24.9 Å². The van der Waals surface area contributed by atoms with E-state index in [1.54, 1.807) is 0 Å². The Bertz CT molecular complexity index is 212. The van der Waals surface area contributed by atoms with Crippen LogP contribution in [0.2, 0.25) is 0 Å². The summed E-state index contributed by atoms with van der Waals surface area (Å²) in [6.07, 6.45) is 22.3. The fraction of sp³-hybridized carbons (Fsp3) is 1.00. The first kappa shape index (κ1) is 20.0. The van der Waals surface area contributed by atoms with E-state index in [9.17, 15) is 0 Å². The minimum absolute atomic E-state index is 0.251. The van der Waals surface area contributed by atoms with Crippen LogP contribution >= 0.6 is 0 Å². The number of rotatable bonds is 15. The Hall–Kier alpha value is -0.0800. The van der Waals surface area contributed by atoms with E-state index in [2.05, 4.69) is 0 Å². The first-order valence-electron chi connectivity index (χ1n) is 10.1. The third-order valence-electron chi connectivity index (χ3n) is 5.07. The van der Waals surface area contributed by atoms with Gasteiger partial charge in [0.15, 0.2) is 0 Å². The van der Waals surface area contributed by atoms with Gasteiger partial charge in [0.05, 0.1) is 0 Å². The number of ether oxygens (including phenoxy) is 1. The topological polar surface area (TPSA) is 29.5 Å². The molecular weight excluding hydrogens is 272 g/mol. The van der Waals surface area contributed by atoms with Gasteiger partial charge in [-0.3, -0.25) is 0 Å². The van der Waals surface area contributed by atoms with E-state index >= 15 is 0 Å². The summed E-state index contributed by atoms with van der Waals surface area (Å²) in [7, 11) is 0. The van der Waals surface area contributed by atoms with Crippen molar-refractivity contribution in [1.82, 2.24) is 0 Å². The molecule has 0 bridgehead atoms. The van der Waals surface area contributed by atoms with Gasteiger partial charge < -0.3 is 9.84 Å². The van der Waals surface area contributed by atoms with Gasteiger partial charge in [0.25, 0.3) is 0 Å². The molecule has 22 heavy (non-hydrogen) atoms. The van der Waals surface area contributed by atoms with Gasteiger partial charge >= 0.3 is 0 Å². The van der Waals surface area contributed by atoms with Crippen LogP contribution in [0.4, 0.5) is 0 Å². The van der Waals surface area contributed by atoms with E-state index in [1.807, 2.05) is 0 Å². The summed E-state index contributed by atoms with van der Waals surface area (Å²) in [5.74, 6) is 1.08. The number of hydrogen-bond donors (Lipinski definition) is 1. The molecule has 2 nitrogen and oxygen atoms in total. The summed E-state index contributed by atoms with van der Waals surface area (Å²) < 4.78 is 5.44. The summed E-state index contributed by atoms with van der Waals surface area (Å²) in [5.41, 5.74) is 0. The molecule has 0 atom stereocenters. The lowest BCUT2D eigenvalue weighted by Crippen LogP contribution is -2.05. The first-order valence-corrected chi connectivity index (χ1v) is 10.1. The highest BCUT2D eigenvalue weighted by atomic mass is 16.5. The Labute approximate surface area is 139 Å². The monoisotopic (exact) mass is 312 g/mol. The molecule has 132 valence electrons. The second-order valence-electron chi connectivity index (χ2n) is 7.16. The molecule has 1 rings (SSSR count). The van der Waals surface area contributed by atoms with E-state index in [0.29, 0.717) is 0 Å². The van der Waals surface area contributed by atoms with Crippen LogP contribution in [0.25, 0.3) is 0 Å². The third kappa shape index (κ3) is 12.5. The highest BCUT2D eigenvalue weighted by molar-refractivity contribution is 4.65. The van der Waals surface area contributed by atoms with E-state index in [0.717, 1.165) is 25.6 Å². The second-order valence-corrected chi connectivity index (χ2v) is 7.16. The van der Waals surface area contributed by atoms with Gasteiger partial charge in [-0.05, 0) is 18.8 Å². The normalized spacial score (nSPS) is 16.2. The lowest BCUT2D eigenvalue weighted by Gasteiger charge is -2.21. The quantitative estimate of drug-likeness (QED) is 0.383. The van der Waals surface area contributed by atoms with Crippen LogP contribution in [0.5, 0.6) is 0 Å². The van der Waals surface area contributed by atoms with Gasteiger partial charge in [0.2, 0.25) is 0 Å². The van der Waals surface area contributed by atoms with Crippen LogP contribution in [0.3, 0.4) is 0 Å². The second kappa shape index (κ2) is 15.8. The van der Waals surface area contributed by atoms with Crippen molar-refractivity contribution in [3.63, 3.8) is 0 Å². The van der Waals surface area contributed by atoms with Crippen molar-refractivity contribution in [2.24, 2.45) is 5.92 Å². The summed E-state index contributed by atoms with van der Waals surface area (Å²) >= 11 is 0. The smallest absolute Gasteiger partial charge is 0.0487 e. The lowest BCUT2D eigenvalue weighted by atomic mass is 9.85. The Morgan fingerprint density at radius 3 is 1.82 bits per heavy atom. The molecule has 0 aromatic carbocycles. The average molecular weight is 313 g/mol. The summed E-state index contributed by atoms with van der Waals surface area (Å²) in [6, 6.07) is 0. The molecule has 0 aromatic heterocycles. The van der Waals surface area contributed by atoms with Crippen LogP contribution in [-0.2, 0) is 4.74 Å². The third-order valence-corrected chi connectivity index (χ3v) is 5.07. The zero-order valence-electron chi connectivity index (χ0n) is 14.9. The van der Waals surface area contributed by atoms with Gasteiger partial charge in [-0.1, -0.05) is 89.9 Å². The van der Waals surface area contributed by atoms with Gasteiger partial charge in [0.1, 0.15) is 0 Å². The maximum Gasteiger partial charge on any atom is 0.0487 e. The lowest BCUT2D eigenvalue weighted by molar-refractivity contribution is 0.112. The van der Waals surface area contributed by atoms with Crippen LogP contribution in [0.15, 0.2) is 0 Å². The van der Waals surface area contributed by atoms with Crippen molar-refractivity contribution >= 4 is 0 Å². The van der Waals surface area contributed by atoms with Crippen molar-refractivity contribution in [2.45, 2.75) is 103 Å². The Kier molecular flexibility index (Phi) is 14.3. The molecule has 0 unspecified atom stereocenters. The number of aliphatic hydroxyl groups is 1. The molecule has 0 aromatic rings. The predicted molar refractivity (Wildman–Crippen MR) is 95.3 cm³/mol. The fourth-order valence-corrected chi connectivity index (χ4v) is 3.62. The average Bonchev–Trinajstić information content (AvgIpc) is 2.56. The highest BCUT2D eigenvalue weighted by Crippen LogP contribution is 2.28. The molecule has 0 radical (unpaired) electrons. The summed E-state index contributed by atoms with van der Waals surface area (Å²) in [5, 5.41) is 8.63. The molecule has 0 saturated heterocycles. The number of aliphatic hydroxyl groups excluding tert-OH is 1. The number of hydrogen-bond acceptors (Lipinski definition) is 2. The largest absolute Gasteiger partial charge is 0.396 e. The van der Waals surface area contributed by atoms with Crippen molar-refractivity contribution < 1.29 is 9.84 Å². The molecule has 0 spiro atoms. The van der Waals surface area contributed by atoms with E-state index in [-0.39, 0.29) is 6.61 Å². The standard InChI is InChI=1S/C20H40O2/c21-17-13-19-22-18-12-7-5-3-1-2-4-6-9-14-20-15-10-8-11-16-20/h20-21H,1-19H2. The molecule has 1 aliphatic rings. The van der Waals surface area contributed by atoms with Gasteiger partial charge in [-0.15, -0.1) is 0 Å². The Morgan fingerprint density at radius 2 is 1.18 bits per heavy atom. The van der Waals surface area contributed by atoms with Crippen molar-refractivity contribution in [1.29, 1.82) is 0 Å². The molecule has 1 saturated carbocycles. The van der Waals surface area contributed by atoms with Gasteiger partial charge in [-0.25, -0.2) is 0 Å². The first-order chi connectivity index (χ1) is 10.9. The molecular formula is C20H40O2. The Morgan fingerprint density at radius 1 is 0.636 bits per heavy atom. The molecule has 0 heterocycles. The van der Waals surface area contributed by atoms with Crippen molar-refractivity contribution in [3.8, 4) is 0 Å². The fourth-order valence-electron chi connectivity index (χ4n) is 3.62. The Balaban J connectivity index is 1.68. The van der Waals surface area contributed by atoms with E-state index in [4.69, 9.17) is 9.84 Å². The van der Waals surface area contributed by atoms with Gasteiger partial charge in [-0.2, -0.15) is 0 Å². The van der Waals surface area contributed by atoms with E-state index in [1.165, 1.54) is 96.3 Å². The minimum atomic E-state index is 0.251. The SMILES string of the molecule is OCCCOCCCCCCCCCCCC1CCCCC1. The highest BCUT2D eigenvalue weighted by Gasteiger charge is 2.12. The molecule has 0 amide bonds. The van der Waals surface area contributed by atoms with Crippen LogP contribution in [0, 0.1) is 5.92 Å². The maximum atomic E-state index is 8.63. The number of unbranched alkanes of at least 4 members (excludes halogenated alkanes) is 8. The van der Waals surface area contributed by atoms with Gasteiger partial charge in [0, 0.05) is 19.8 Å². The zero-order chi connectivity index (χ0) is 15.7. The van der Waals surface area contributed by atoms with E-state index < -0.39 is 0 Å². The summed E-state index contributed by atoms with van der Waals surface area (Å²) in [6.45, 7) is 1.85. The maximum absolute atomic E-state index is 8.63. The molecule has 1 fully saturated rings. The van der Waals surface area contributed by atoms with Crippen LogP contribution in [0.1, 0.15) is 103 Å². The zero-order valence-corrected chi connectivity index (χ0v) is 14.9. The molecule has 2 heteroatoms. The van der Waals surface area contributed by atoms with Crippen LogP contribution < -0.4 is 0 Å². The van der Waals surface area contributed by atoms with Crippen molar-refractivity contribution in [3.05, 3.63) is 0 Å². The summed E-state index contributed by atoms with van der Waals surface area (Å²) in [4.78, 5) is 0. The predicted octanol–water partition coefficient (Wildman–Crippen LogP) is 5.87. The minimum Gasteiger partial charge on any atom is -0.396 e. The molecule has 0 aliphatic heterocycles.